The van der Waals surface area contributed by atoms with Gasteiger partial charge in [0.25, 0.3) is 10.0 Å². The number of anilines is 2. The van der Waals surface area contributed by atoms with Crippen LogP contribution in [0.3, 0.4) is 0 Å². The van der Waals surface area contributed by atoms with Crippen LogP contribution in [0.5, 0.6) is 0 Å². The first kappa shape index (κ1) is 21.2. The lowest BCUT2D eigenvalue weighted by Gasteiger charge is -2.10. The Morgan fingerprint density at radius 3 is 2.31 bits per heavy atom. The minimum atomic E-state index is -3.74. The van der Waals surface area contributed by atoms with E-state index >= 15 is 0 Å². The molecule has 3 rings (SSSR count). The van der Waals surface area contributed by atoms with Gasteiger partial charge in [-0.1, -0.05) is 35.9 Å². The quantitative estimate of drug-likeness (QED) is 0.462. The highest BCUT2D eigenvalue weighted by atomic mass is 35.5. The van der Waals surface area contributed by atoms with Gasteiger partial charge in [0.05, 0.1) is 10.6 Å². The van der Waals surface area contributed by atoms with Gasteiger partial charge in [0.1, 0.15) is 0 Å². The van der Waals surface area contributed by atoms with Gasteiger partial charge in [0, 0.05) is 27.8 Å². The highest BCUT2D eigenvalue weighted by Gasteiger charge is 2.14. The van der Waals surface area contributed by atoms with Crippen molar-refractivity contribution in [3.05, 3.63) is 83.9 Å². The molecule has 8 heteroatoms. The van der Waals surface area contributed by atoms with E-state index in [0.717, 1.165) is 4.90 Å². The summed E-state index contributed by atoms with van der Waals surface area (Å²) in [7, 11) is -3.74. The molecule has 0 aliphatic carbocycles. The highest BCUT2D eigenvalue weighted by Crippen LogP contribution is 2.21. The van der Waals surface area contributed by atoms with E-state index in [9.17, 15) is 13.2 Å². The van der Waals surface area contributed by atoms with Crippen molar-refractivity contribution in [2.24, 2.45) is 0 Å². The molecule has 0 heterocycles. The largest absolute Gasteiger partial charge is 0.326 e. The summed E-state index contributed by atoms with van der Waals surface area (Å²) < 4.78 is 27.4. The second-order valence-electron chi connectivity index (χ2n) is 6.10. The van der Waals surface area contributed by atoms with Gasteiger partial charge in [0.15, 0.2) is 0 Å². The average molecular weight is 447 g/mol. The molecule has 0 bridgehead atoms. The Labute approximate surface area is 179 Å². The Kier molecular flexibility index (Phi) is 7.19. The van der Waals surface area contributed by atoms with Crippen LogP contribution in [0.1, 0.15) is 6.42 Å². The third kappa shape index (κ3) is 6.52. The number of sulfonamides is 1. The minimum absolute atomic E-state index is 0.0927. The van der Waals surface area contributed by atoms with E-state index in [1.165, 1.54) is 18.2 Å². The van der Waals surface area contributed by atoms with Crippen molar-refractivity contribution in [3.63, 3.8) is 0 Å². The van der Waals surface area contributed by atoms with E-state index < -0.39 is 10.0 Å². The predicted octanol–water partition coefficient (Wildman–Crippen LogP) is 5.26. The summed E-state index contributed by atoms with van der Waals surface area (Å²) in [4.78, 5) is 13.3. The Morgan fingerprint density at radius 1 is 0.897 bits per heavy atom. The van der Waals surface area contributed by atoms with E-state index in [1.807, 2.05) is 30.3 Å². The molecule has 3 aromatic carbocycles. The van der Waals surface area contributed by atoms with Crippen LogP contribution < -0.4 is 10.0 Å². The van der Waals surface area contributed by atoms with Crippen LogP contribution in [0, 0.1) is 0 Å². The summed E-state index contributed by atoms with van der Waals surface area (Å²) in [6.45, 7) is 0. The van der Waals surface area contributed by atoms with E-state index in [1.54, 1.807) is 42.1 Å². The Bertz CT molecular complexity index is 1070. The molecule has 0 fully saturated rings. The molecule has 0 radical (unpaired) electrons. The van der Waals surface area contributed by atoms with Gasteiger partial charge >= 0.3 is 0 Å². The topological polar surface area (TPSA) is 75.3 Å². The number of amides is 1. The van der Waals surface area contributed by atoms with Crippen molar-refractivity contribution in [1.82, 2.24) is 0 Å². The van der Waals surface area contributed by atoms with Crippen molar-refractivity contribution in [1.29, 1.82) is 0 Å². The first-order valence-electron chi connectivity index (χ1n) is 8.78. The van der Waals surface area contributed by atoms with E-state index in [2.05, 4.69) is 10.0 Å². The van der Waals surface area contributed by atoms with Crippen LogP contribution >= 0.6 is 23.4 Å². The van der Waals surface area contributed by atoms with Crippen LogP contribution in [0.4, 0.5) is 11.4 Å². The van der Waals surface area contributed by atoms with Gasteiger partial charge in [-0.25, -0.2) is 8.42 Å². The predicted molar refractivity (Wildman–Crippen MR) is 119 cm³/mol. The molecule has 0 aromatic heterocycles. The molecular formula is C21H19ClN2O3S2. The number of nitrogens with one attached hydrogen (secondary N) is 2. The summed E-state index contributed by atoms with van der Waals surface area (Å²) in [6, 6.07) is 22.4. The molecule has 3 aromatic rings. The number of carbonyl (C=O) groups excluding carboxylic acids is 1. The highest BCUT2D eigenvalue weighted by molar-refractivity contribution is 7.99. The zero-order chi connectivity index (χ0) is 20.7. The summed E-state index contributed by atoms with van der Waals surface area (Å²) in [5.74, 6) is 0.535. The third-order valence-electron chi connectivity index (χ3n) is 3.87. The third-order valence-corrected chi connectivity index (χ3v) is 6.51. The number of thioether (sulfide) groups is 1. The fourth-order valence-electron chi connectivity index (χ4n) is 2.49. The maximum absolute atomic E-state index is 12.5. The molecule has 0 saturated carbocycles. The monoisotopic (exact) mass is 446 g/mol. The van der Waals surface area contributed by atoms with Crippen LogP contribution in [-0.4, -0.2) is 20.1 Å². The van der Waals surface area contributed by atoms with Gasteiger partial charge < -0.3 is 5.32 Å². The average Bonchev–Trinajstić information content (AvgIpc) is 2.69. The first-order chi connectivity index (χ1) is 13.9. The lowest BCUT2D eigenvalue weighted by Crippen LogP contribution is -2.14. The number of carbonyl (C=O) groups is 1. The van der Waals surface area contributed by atoms with Gasteiger partial charge in [-0.2, -0.15) is 0 Å². The van der Waals surface area contributed by atoms with Crippen molar-refractivity contribution >= 4 is 50.7 Å². The number of benzene rings is 3. The van der Waals surface area contributed by atoms with E-state index in [-0.39, 0.29) is 10.8 Å². The van der Waals surface area contributed by atoms with E-state index in [0.29, 0.717) is 28.6 Å². The number of halogens is 1. The smallest absolute Gasteiger partial charge is 0.261 e. The number of hydrogen-bond donors (Lipinski definition) is 2. The first-order valence-corrected chi connectivity index (χ1v) is 11.6. The second kappa shape index (κ2) is 9.82. The van der Waals surface area contributed by atoms with Crippen molar-refractivity contribution in [2.45, 2.75) is 16.2 Å². The van der Waals surface area contributed by atoms with Crippen LogP contribution in [0.15, 0.2) is 88.7 Å². The maximum Gasteiger partial charge on any atom is 0.261 e. The van der Waals surface area contributed by atoms with Crippen molar-refractivity contribution < 1.29 is 13.2 Å². The van der Waals surface area contributed by atoms with Crippen molar-refractivity contribution in [3.8, 4) is 0 Å². The SMILES string of the molecule is O=C(CCSc1ccccc1)Nc1ccc(S(=O)(=O)Nc2cccc(Cl)c2)cc1. The Hall–Kier alpha value is -2.48. The lowest BCUT2D eigenvalue weighted by molar-refractivity contribution is -0.115. The lowest BCUT2D eigenvalue weighted by atomic mass is 10.3. The van der Waals surface area contributed by atoms with Gasteiger partial charge in [-0.15, -0.1) is 11.8 Å². The molecule has 150 valence electrons. The normalized spacial score (nSPS) is 11.1. The zero-order valence-corrected chi connectivity index (χ0v) is 17.7. The van der Waals surface area contributed by atoms with Crippen molar-refractivity contribution in [2.75, 3.05) is 15.8 Å². The molecule has 0 saturated heterocycles. The van der Waals surface area contributed by atoms with Gasteiger partial charge in [-0.05, 0) is 54.6 Å². The summed E-state index contributed by atoms with van der Waals surface area (Å²) >= 11 is 7.49. The molecular weight excluding hydrogens is 428 g/mol. The molecule has 0 unspecified atom stereocenters. The molecule has 0 aliphatic heterocycles. The fourth-order valence-corrected chi connectivity index (χ4v) is 4.60. The van der Waals surface area contributed by atoms with Crippen LogP contribution in [-0.2, 0) is 14.8 Å². The molecule has 5 nitrogen and oxygen atoms in total. The molecule has 0 spiro atoms. The Balaban J connectivity index is 1.54. The summed E-state index contributed by atoms with van der Waals surface area (Å²) in [5, 5.41) is 3.22. The number of rotatable bonds is 8. The summed E-state index contributed by atoms with van der Waals surface area (Å²) in [5.41, 5.74) is 0.923. The van der Waals surface area contributed by atoms with Crippen LogP contribution in [0.25, 0.3) is 0 Å². The molecule has 1 amide bonds. The molecule has 2 N–H and O–H groups in total. The second-order valence-corrected chi connectivity index (χ2v) is 9.39. The van der Waals surface area contributed by atoms with Crippen LogP contribution in [0.2, 0.25) is 5.02 Å². The fraction of sp³-hybridized carbons (Fsp3) is 0.0952. The Morgan fingerprint density at radius 2 is 1.62 bits per heavy atom. The molecule has 0 atom stereocenters. The zero-order valence-electron chi connectivity index (χ0n) is 15.3. The maximum atomic E-state index is 12.5. The molecule has 0 aliphatic rings. The minimum Gasteiger partial charge on any atom is -0.326 e. The molecule has 29 heavy (non-hydrogen) atoms. The number of hydrogen-bond acceptors (Lipinski definition) is 4. The van der Waals surface area contributed by atoms with Gasteiger partial charge in [-0.3, -0.25) is 9.52 Å². The van der Waals surface area contributed by atoms with Gasteiger partial charge in [0.2, 0.25) is 5.91 Å². The standard InChI is InChI=1S/C21H19ClN2O3S2/c22-16-5-4-6-18(15-16)24-29(26,27)20-11-9-17(10-12-20)23-21(25)13-14-28-19-7-2-1-3-8-19/h1-12,15,24H,13-14H2,(H,23,25). The van der Waals surface area contributed by atoms with E-state index in [4.69, 9.17) is 11.6 Å². The summed E-state index contributed by atoms with van der Waals surface area (Å²) in [6.07, 6.45) is 0.357.